The van der Waals surface area contributed by atoms with Gasteiger partial charge in [-0.3, -0.25) is 4.79 Å². The van der Waals surface area contributed by atoms with E-state index in [9.17, 15) is 10.1 Å². The van der Waals surface area contributed by atoms with Crippen LogP contribution in [0.2, 0.25) is 0 Å². The molecule has 0 aliphatic heterocycles. The molecule has 0 bridgehead atoms. The zero-order valence-corrected chi connectivity index (χ0v) is 17.3. The molecule has 1 aliphatic carbocycles. The van der Waals surface area contributed by atoms with Gasteiger partial charge in [0.15, 0.2) is 0 Å². The second kappa shape index (κ2) is 8.48. The van der Waals surface area contributed by atoms with Crippen molar-refractivity contribution in [3.63, 3.8) is 0 Å². The van der Waals surface area contributed by atoms with Crippen molar-refractivity contribution in [1.82, 2.24) is 9.88 Å². The Kier molecular flexibility index (Phi) is 6.04. The number of hydrogen-bond acceptors (Lipinski definition) is 2. The summed E-state index contributed by atoms with van der Waals surface area (Å²) in [5.41, 5.74) is 6.79. The van der Waals surface area contributed by atoms with E-state index >= 15 is 0 Å². The molecule has 1 aliphatic rings. The highest BCUT2D eigenvalue weighted by Gasteiger charge is 2.19. The molecule has 0 unspecified atom stereocenters. The van der Waals surface area contributed by atoms with Gasteiger partial charge < -0.3 is 9.88 Å². The number of amides is 1. The molecular weight excluding hydrogens is 346 g/mol. The van der Waals surface area contributed by atoms with Crippen LogP contribution in [-0.4, -0.2) is 16.5 Å². The summed E-state index contributed by atoms with van der Waals surface area (Å²) in [5, 5.41) is 12.6. The summed E-state index contributed by atoms with van der Waals surface area (Å²) in [6, 6.07) is 10.7. The third kappa shape index (κ3) is 4.20. The van der Waals surface area contributed by atoms with Crippen LogP contribution in [-0.2, 0) is 4.79 Å². The molecule has 1 amide bonds. The first-order valence-corrected chi connectivity index (χ1v) is 10.1. The smallest absolute Gasteiger partial charge is 0.262 e. The van der Waals surface area contributed by atoms with Crippen molar-refractivity contribution >= 4 is 12.0 Å². The van der Waals surface area contributed by atoms with E-state index in [1.165, 1.54) is 17.5 Å². The second-order valence-electron chi connectivity index (χ2n) is 7.91. The minimum absolute atomic E-state index is 0.172. The lowest BCUT2D eigenvalue weighted by atomic mass is 9.95. The van der Waals surface area contributed by atoms with Crippen LogP contribution in [0.15, 0.2) is 29.8 Å². The van der Waals surface area contributed by atoms with Crippen molar-refractivity contribution in [1.29, 1.82) is 5.26 Å². The Balaban J connectivity index is 1.89. The summed E-state index contributed by atoms with van der Waals surface area (Å²) < 4.78 is 2.17. The van der Waals surface area contributed by atoms with Gasteiger partial charge in [0.25, 0.3) is 5.91 Å². The van der Waals surface area contributed by atoms with Crippen LogP contribution in [0.4, 0.5) is 0 Å². The second-order valence-corrected chi connectivity index (χ2v) is 7.91. The molecule has 0 saturated heterocycles. The van der Waals surface area contributed by atoms with Crippen molar-refractivity contribution in [3.8, 4) is 11.8 Å². The predicted octanol–water partition coefficient (Wildman–Crippen LogP) is 5.07. The van der Waals surface area contributed by atoms with Gasteiger partial charge in [-0.05, 0) is 81.5 Å². The number of aryl methyl sites for hydroxylation is 3. The van der Waals surface area contributed by atoms with Crippen molar-refractivity contribution in [2.45, 2.75) is 65.8 Å². The van der Waals surface area contributed by atoms with Crippen molar-refractivity contribution in [3.05, 3.63) is 57.9 Å². The highest BCUT2D eigenvalue weighted by atomic mass is 16.1. The van der Waals surface area contributed by atoms with E-state index in [2.05, 4.69) is 48.0 Å². The maximum Gasteiger partial charge on any atom is 0.262 e. The fraction of sp³-hybridized carbons (Fsp3) is 0.417. The molecule has 1 heterocycles. The SMILES string of the molecule is Cc1ccc(-n2c(C)cc(/C=C(/C#N)C(=O)NC3CCCCC3)c2C)cc1C. The number of nitrogens with one attached hydrogen (secondary N) is 1. The minimum Gasteiger partial charge on any atom is -0.349 e. The number of nitriles is 1. The van der Waals surface area contributed by atoms with E-state index in [0.29, 0.717) is 0 Å². The van der Waals surface area contributed by atoms with Gasteiger partial charge in [-0.1, -0.05) is 25.3 Å². The third-order valence-electron chi connectivity index (χ3n) is 5.82. The first kappa shape index (κ1) is 19.9. The fourth-order valence-corrected chi connectivity index (χ4v) is 4.01. The number of carbonyl (C=O) groups is 1. The Labute approximate surface area is 167 Å². The molecule has 4 heteroatoms. The van der Waals surface area contributed by atoms with Crippen LogP contribution < -0.4 is 5.32 Å². The normalized spacial score (nSPS) is 15.3. The maximum absolute atomic E-state index is 12.6. The third-order valence-corrected chi connectivity index (χ3v) is 5.82. The van der Waals surface area contributed by atoms with E-state index in [1.54, 1.807) is 6.08 Å². The van der Waals surface area contributed by atoms with Gasteiger partial charge in [-0.25, -0.2) is 0 Å². The van der Waals surface area contributed by atoms with Crippen molar-refractivity contribution < 1.29 is 4.79 Å². The van der Waals surface area contributed by atoms with Crippen LogP contribution in [0, 0.1) is 39.0 Å². The number of hydrogen-bond donors (Lipinski definition) is 1. The number of carbonyl (C=O) groups excluding carboxylic acids is 1. The molecule has 4 nitrogen and oxygen atoms in total. The first-order valence-electron chi connectivity index (χ1n) is 10.1. The van der Waals surface area contributed by atoms with Gasteiger partial charge in [0.1, 0.15) is 11.6 Å². The predicted molar refractivity (Wildman–Crippen MR) is 113 cm³/mol. The van der Waals surface area contributed by atoms with Gasteiger partial charge >= 0.3 is 0 Å². The maximum atomic E-state index is 12.6. The summed E-state index contributed by atoms with van der Waals surface area (Å²) in [6.45, 7) is 8.29. The number of rotatable bonds is 4. The summed E-state index contributed by atoms with van der Waals surface area (Å²) in [4.78, 5) is 12.6. The van der Waals surface area contributed by atoms with E-state index in [0.717, 1.165) is 48.3 Å². The van der Waals surface area contributed by atoms with Crippen LogP contribution >= 0.6 is 0 Å². The molecule has 3 rings (SSSR count). The molecule has 1 aromatic heterocycles. The molecule has 0 spiro atoms. The lowest BCUT2D eigenvalue weighted by Crippen LogP contribution is -2.36. The molecule has 146 valence electrons. The van der Waals surface area contributed by atoms with Gasteiger partial charge in [-0.15, -0.1) is 0 Å². The van der Waals surface area contributed by atoms with Crippen LogP contribution in [0.1, 0.15) is 60.2 Å². The molecule has 1 N–H and O–H groups in total. The Morgan fingerprint density at radius 2 is 1.82 bits per heavy atom. The molecule has 28 heavy (non-hydrogen) atoms. The largest absolute Gasteiger partial charge is 0.349 e. The zero-order valence-electron chi connectivity index (χ0n) is 17.3. The average Bonchev–Trinajstić information content (AvgIpc) is 2.96. The van der Waals surface area contributed by atoms with Crippen LogP contribution in [0.25, 0.3) is 11.8 Å². The Bertz CT molecular complexity index is 953. The van der Waals surface area contributed by atoms with E-state index in [1.807, 2.05) is 19.9 Å². The van der Waals surface area contributed by atoms with E-state index < -0.39 is 0 Å². The molecule has 1 saturated carbocycles. The standard InChI is InChI=1S/C24H29N3O/c1-16-10-11-23(12-17(16)2)27-18(3)13-20(19(27)4)14-21(15-25)24(28)26-22-8-6-5-7-9-22/h10-14,22H,5-9H2,1-4H3,(H,26,28)/b21-14-. The van der Waals surface area contributed by atoms with E-state index in [-0.39, 0.29) is 17.5 Å². The average molecular weight is 376 g/mol. The quantitative estimate of drug-likeness (QED) is 0.599. The molecule has 0 radical (unpaired) electrons. The van der Waals surface area contributed by atoms with Gasteiger partial charge in [0.2, 0.25) is 0 Å². The van der Waals surface area contributed by atoms with E-state index in [4.69, 9.17) is 0 Å². The van der Waals surface area contributed by atoms with Gasteiger partial charge in [0.05, 0.1) is 0 Å². The zero-order chi connectivity index (χ0) is 20.3. The monoisotopic (exact) mass is 375 g/mol. The highest BCUT2D eigenvalue weighted by Crippen LogP contribution is 2.24. The molecule has 1 fully saturated rings. The number of benzene rings is 1. The summed E-state index contributed by atoms with van der Waals surface area (Å²) in [5.74, 6) is -0.259. The molecule has 1 aromatic carbocycles. The number of aromatic nitrogens is 1. The molecule has 0 atom stereocenters. The summed E-state index contributed by atoms with van der Waals surface area (Å²) in [6.07, 6.45) is 7.26. The fourth-order valence-electron chi connectivity index (χ4n) is 4.01. The van der Waals surface area contributed by atoms with Crippen LogP contribution in [0.5, 0.6) is 0 Å². The number of nitrogens with zero attached hydrogens (tertiary/aromatic N) is 2. The van der Waals surface area contributed by atoms with Gasteiger partial charge in [-0.2, -0.15) is 5.26 Å². The van der Waals surface area contributed by atoms with Crippen molar-refractivity contribution in [2.75, 3.05) is 0 Å². The van der Waals surface area contributed by atoms with Gasteiger partial charge in [0, 0.05) is 23.1 Å². The Hall–Kier alpha value is -2.80. The topological polar surface area (TPSA) is 57.8 Å². The van der Waals surface area contributed by atoms with Crippen molar-refractivity contribution in [2.24, 2.45) is 0 Å². The van der Waals surface area contributed by atoms with Crippen LogP contribution in [0.3, 0.4) is 0 Å². The summed E-state index contributed by atoms with van der Waals surface area (Å²) in [7, 11) is 0. The first-order chi connectivity index (χ1) is 13.4. The minimum atomic E-state index is -0.259. The lowest BCUT2D eigenvalue weighted by Gasteiger charge is -2.22. The Morgan fingerprint density at radius 1 is 1.11 bits per heavy atom. The molecular formula is C24H29N3O. The molecule has 2 aromatic rings. The summed E-state index contributed by atoms with van der Waals surface area (Å²) >= 11 is 0. The Morgan fingerprint density at radius 3 is 2.46 bits per heavy atom. The highest BCUT2D eigenvalue weighted by molar-refractivity contribution is 6.02. The lowest BCUT2D eigenvalue weighted by molar-refractivity contribution is -0.117.